The molecule has 0 atom stereocenters. The molecule has 0 fully saturated rings. The van der Waals surface area contributed by atoms with Gasteiger partial charge in [0.05, 0.1) is 6.42 Å². The predicted octanol–water partition coefficient (Wildman–Crippen LogP) is 4.42. The number of esters is 1. The van der Waals surface area contributed by atoms with E-state index in [0.717, 1.165) is 14.5 Å². The van der Waals surface area contributed by atoms with Crippen LogP contribution in [0.1, 0.15) is 18.4 Å². The van der Waals surface area contributed by atoms with Gasteiger partial charge >= 0.3 is 5.97 Å². The van der Waals surface area contributed by atoms with Gasteiger partial charge in [0.1, 0.15) is 0 Å². The van der Waals surface area contributed by atoms with Crippen LogP contribution in [0.3, 0.4) is 0 Å². The summed E-state index contributed by atoms with van der Waals surface area (Å²) in [6.45, 7) is 1.50. The highest BCUT2D eigenvalue weighted by Crippen LogP contribution is 2.20. The number of carbonyl (C=O) groups is 3. The van der Waals surface area contributed by atoms with Crippen LogP contribution in [0.2, 0.25) is 0 Å². The smallest absolute Gasteiger partial charge is 0.306 e. The van der Waals surface area contributed by atoms with Crippen LogP contribution >= 0.6 is 31.9 Å². The van der Waals surface area contributed by atoms with E-state index in [1.54, 1.807) is 36.4 Å². The van der Waals surface area contributed by atoms with Crippen LogP contribution < -0.4 is 10.6 Å². The molecule has 0 aliphatic rings. The first-order valence-corrected chi connectivity index (χ1v) is 9.69. The van der Waals surface area contributed by atoms with Gasteiger partial charge < -0.3 is 15.4 Å². The standard InChI is InChI=1S/C19H18Br2N2O4/c1-12-10-15(6-7-16(12)21)23-18(25)11-27-19(26)9-8-17(24)22-14-4-2-13(20)3-5-14/h2-7,10H,8-9,11H2,1H3,(H,22,24)(H,23,25). The number of hydrogen-bond acceptors (Lipinski definition) is 4. The predicted molar refractivity (Wildman–Crippen MR) is 110 cm³/mol. The van der Waals surface area contributed by atoms with E-state index in [-0.39, 0.29) is 18.7 Å². The fourth-order valence-corrected chi connectivity index (χ4v) is 2.62. The number of aryl methyl sites for hydroxylation is 1. The monoisotopic (exact) mass is 496 g/mol. The maximum Gasteiger partial charge on any atom is 0.306 e. The van der Waals surface area contributed by atoms with Crippen LogP contribution in [-0.2, 0) is 19.1 Å². The molecule has 2 rings (SSSR count). The molecule has 0 spiro atoms. The highest BCUT2D eigenvalue weighted by molar-refractivity contribution is 9.10. The Balaban J connectivity index is 1.69. The fraction of sp³-hybridized carbons (Fsp3) is 0.211. The molecule has 0 aliphatic heterocycles. The third kappa shape index (κ3) is 7.52. The number of amides is 2. The third-order valence-corrected chi connectivity index (χ3v) is 4.91. The van der Waals surface area contributed by atoms with Gasteiger partial charge in [0.15, 0.2) is 6.61 Å². The van der Waals surface area contributed by atoms with Gasteiger partial charge in [0, 0.05) is 26.7 Å². The van der Waals surface area contributed by atoms with Gasteiger partial charge in [-0.2, -0.15) is 0 Å². The molecule has 27 heavy (non-hydrogen) atoms. The molecule has 2 aromatic rings. The molecular weight excluding hydrogens is 480 g/mol. The number of halogens is 2. The number of rotatable bonds is 7. The van der Waals surface area contributed by atoms with Gasteiger partial charge in [-0.3, -0.25) is 14.4 Å². The molecule has 0 aromatic heterocycles. The van der Waals surface area contributed by atoms with Gasteiger partial charge in [-0.25, -0.2) is 0 Å². The lowest BCUT2D eigenvalue weighted by Gasteiger charge is -2.08. The van der Waals surface area contributed by atoms with E-state index >= 15 is 0 Å². The maximum absolute atomic E-state index is 11.8. The molecule has 0 aliphatic carbocycles. The minimum Gasteiger partial charge on any atom is -0.456 e. The number of benzene rings is 2. The van der Waals surface area contributed by atoms with E-state index in [2.05, 4.69) is 42.5 Å². The van der Waals surface area contributed by atoms with Crippen molar-refractivity contribution in [3.8, 4) is 0 Å². The molecule has 2 aromatic carbocycles. The van der Waals surface area contributed by atoms with E-state index in [0.29, 0.717) is 11.4 Å². The molecule has 2 N–H and O–H groups in total. The molecule has 8 heteroatoms. The summed E-state index contributed by atoms with van der Waals surface area (Å²) < 4.78 is 6.74. The topological polar surface area (TPSA) is 84.5 Å². The van der Waals surface area contributed by atoms with Gasteiger partial charge in [0.25, 0.3) is 5.91 Å². The van der Waals surface area contributed by atoms with E-state index in [1.807, 2.05) is 13.0 Å². The van der Waals surface area contributed by atoms with Gasteiger partial charge in [0.2, 0.25) is 5.91 Å². The minimum absolute atomic E-state index is 0.0254. The summed E-state index contributed by atoms with van der Waals surface area (Å²) >= 11 is 6.69. The first-order chi connectivity index (χ1) is 12.8. The van der Waals surface area contributed by atoms with Crippen molar-refractivity contribution in [3.63, 3.8) is 0 Å². The summed E-state index contributed by atoms with van der Waals surface area (Å²) in [5.41, 5.74) is 2.23. The Kier molecular flexibility index (Phi) is 7.99. The molecule has 0 saturated carbocycles. The average Bonchev–Trinajstić information content (AvgIpc) is 2.63. The minimum atomic E-state index is -0.608. The second kappa shape index (κ2) is 10.2. The van der Waals surface area contributed by atoms with Crippen LogP contribution in [0, 0.1) is 6.92 Å². The van der Waals surface area contributed by atoms with Crippen molar-refractivity contribution in [1.82, 2.24) is 0 Å². The molecular formula is C19H18Br2N2O4. The number of carbonyl (C=O) groups excluding carboxylic acids is 3. The van der Waals surface area contributed by atoms with Crippen LogP contribution in [0.4, 0.5) is 11.4 Å². The summed E-state index contributed by atoms with van der Waals surface area (Å²) in [6, 6.07) is 12.5. The largest absolute Gasteiger partial charge is 0.456 e. The Hall–Kier alpha value is -2.19. The van der Waals surface area contributed by atoms with Crippen molar-refractivity contribution >= 4 is 61.0 Å². The van der Waals surface area contributed by atoms with Crippen molar-refractivity contribution in [2.24, 2.45) is 0 Å². The summed E-state index contributed by atoms with van der Waals surface area (Å²) in [6.07, 6.45) is -0.130. The lowest BCUT2D eigenvalue weighted by molar-refractivity contribution is -0.147. The number of nitrogens with one attached hydrogen (secondary N) is 2. The molecule has 0 saturated heterocycles. The quantitative estimate of drug-likeness (QED) is 0.554. The summed E-state index contributed by atoms with van der Waals surface area (Å²) in [5.74, 6) is -1.35. The van der Waals surface area contributed by atoms with Gasteiger partial charge in [-0.1, -0.05) is 31.9 Å². The van der Waals surface area contributed by atoms with Crippen molar-refractivity contribution in [1.29, 1.82) is 0 Å². The van der Waals surface area contributed by atoms with Crippen molar-refractivity contribution < 1.29 is 19.1 Å². The van der Waals surface area contributed by atoms with Crippen LogP contribution in [0.5, 0.6) is 0 Å². The zero-order chi connectivity index (χ0) is 19.8. The second-order valence-corrected chi connectivity index (χ2v) is 7.50. The van der Waals surface area contributed by atoms with E-state index in [1.165, 1.54) is 0 Å². The number of ether oxygens (including phenoxy) is 1. The first kappa shape index (κ1) is 21.1. The first-order valence-electron chi connectivity index (χ1n) is 8.10. The molecule has 0 heterocycles. The highest BCUT2D eigenvalue weighted by Gasteiger charge is 2.11. The molecule has 142 valence electrons. The van der Waals surface area contributed by atoms with Crippen molar-refractivity contribution in [2.45, 2.75) is 19.8 Å². The van der Waals surface area contributed by atoms with E-state index < -0.39 is 18.5 Å². The van der Waals surface area contributed by atoms with Crippen molar-refractivity contribution in [2.75, 3.05) is 17.2 Å². The van der Waals surface area contributed by atoms with Crippen LogP contribution in [0.25, 0.3) is 0 Å². The molecule has 0 unspecified atom stereocenters. The van der Waals surface area contributed by atoms with E-state index in [9.17, 15) is 14.4 Å². The normalized spacial score (nSPS) is 10.2. The van der Waals surface area contributed by atoms with Crippen LogP contribution in [0.15, 0.2) is 51.4 Å². The summed E-state index contributed by atoms with van der Waals surface area (Å²) in [7, 11) is 0. The number of hydrogen-bond donors (Lipinski definition) is 2. The zero-order valence-corrected chi connectivity index (χ0v) is 17.7. The van der Waals surface area contributed by atoms with E-state index in [4.69, 9.17) is 4.74 Å². The highest BCUT2D eigenvalue weighted by atomic mass is 79.9. The summed E-state index contributed by atoms with van der Waals surface area (Å²) in [5, 5.41) is 5.33. The Morgan fingerprint density at radius 2 is 1.52 bits per heavy atom. The lowest BCUT2D eigenvalue weighted by atomic mass is 10.2. The Morgan fingerprint density at radius 1 is 0.889 bits per heavy atom. The third-order valence-electron chi connectivity index (χ3n) is 3.49. The second-order valence-electron chi connectivity index (χ2n) is 5.73. The molecule has 6 nitrogen and oxygen atoms in total. The lowest BCUT2D eigenvalue weighted by Crippen LogP contribution is -2.21. The Bertz CT molecular complexity index is 838. The van der Waals surface area contributed by atoms with Crippen LogP contribution in [-0.4, -0.2) is 24.4 Å². The molecule has 0 radical (unpaired) electrons. The molecule has 0 bridgehead atoms. The summed E-state index contributed by atoms with van der Waals surface area (Å²) in [4.78, 5) is 35.4. The molecule has 2 amide bonds. The zero-order valence-electron chi connectivity index (χ0n) is 14.6. The Labute approximate surface area is 173 Å². The maximum atomic E-state index is 11.8. The number of anilines is 2. The SMILES string of the molecule is Cc1cc(NC(=O)COC(=O)CCC(=O)Nc2ccc(Br)cc2)ccc1Br. The fourth-order valence-electron chi connectivity index (χ4n) is 2.11. The van der Waals surface area contributed by atoms with Gasteiger partial charge in [-0.05, 0) is 55.0 Å². The van der Waals surface area contributed by atoms with Gasteiger partial charge in [-0.15, -0.1) is 0 Å². The Morgan fingerprint density at radius 3 is 2.19 bits per heavy atom. The van der Waals surface area contributed by atoms with Crippen molar-refractivity contribution in [3.05, 3.63) is 57.0 Å². The average molecular weight is 498 g/mol.